The zero-order chi connectivity index (χ0) is 42.2. The van der Waals surface area contributed by atoms with E-state index in [4.69, 9.17) is 9.47 Å². The summed E-state index contributed by atoms with van der Waals surface area (Å²) in [6, 6.07) is 3.28. The summed E-state index contributed by atoms with van der Waals surface area (Å²) in [4.78, 5) is 25.4. The molecule has 7 nitrogen and oxygen atoms in total. The van der Waals surface area contributed by atoms with Crippen molar-refractivity contribution in [1.29, 1.82) is 0 Å². The van der Waals surface area contributed by atoms with Crippen LogP contribution in [0, 0.1) is 0 Å². The van der Waals surface area contributed by atoms with E-state index in [1.165, 1.54) is 160 Å². The molecule has 0 unspecified atom stereocenters. The molecule has 0 heterocycles. The Kier molecular flexibility index (Phi) is 35.8. The van der Waals surface area contributed by atoms with Crippen molar-refractivity contribution in [2.45, 2.75) is 237 Å². The third kappa shape index (κ3) is 31.5. The minimum atomic E-state index is -4.58. The lowest BCUT2D eigenvalue weighted by molar-refractivity contribution is 0.0450. The second kappa shape index (κ2) is 38.7. The molecule has 0 aromatic heterocycles. The van der Waals surface area contributed by atoms with Crippen LogP contribution in [-0.4, -0.2) is 38.1 Å². The minimum Gasteiger partial charge on any atom is -0.462 e. The summed E-state index contributed by atoms with van der Waals surface area (Å²) in [5, 5.41) is 0. The lowest BCUT2D eigenvalue weighted by atomic mass is 10.0. The monoisotopic (exact) mass is 831 g/mol. The Bertz CT molecular complexity index is 1300. The van der Waals surface area contributed by atoms with Crippen LogP contribution in [0.4, 0.5) is 0 Å². The predicted octanol–water partition coefficient (Wildman–Crippen LogP) is 15.7. The highest BCUT2D eigenvalue weighted by Gasteiger charge is 2.23. The third-order valence-electron chi connectivity index (χ3n) is 11.0. The van der Waals surface area contributed by atoms with E-state index in [0.29, 0.717) is 12.8 Å². The Labute approximate surface area is 356 Å². The van der Waals surface area contributed by atoms with Gasteiger partial charge in [-0.25, -0.2) is 9.59 Å². The molecule has 58 heavy (non-hydrogen) atoms. The van der Waals surface area contributed by atoms with Crippen molar-refractivity contribution in [3.63, 3.8) is 0 Å². The normalized spacial score (nSPS) is 11.9. The van der Waals surface area contributed by atoms with Gasteiger partial charge in [-0.3, -0.25) is 4.55 Å². The van der Waals surface area contributed by atoms with Gasteiger partial charge in [-0.1, -0.05) is 179 Å². The molecule has 1 aromatic carbocycles. The smallest absolute Gasteiger partial charge is 0.339 e. The summed E-state index contributed by atoms with van der Waals surface area (Å²) in [7, 11) is -4.58. The zero-order valence-electron chi connectivity index (χ0n) is 37.3. The first-order valence-electron chi connectivity index (χ1n) is 24.1. The molecule has 1 rings (SSSR count). The molecule has 8 heteroatoms. The van der Waals surface area contributed by atoms with Crippen LogP contribution in [0.2, 0.25) is 0 Å². The fourth-order valence-electron chi connectivity index (χ4n) is 7.28. The minimum absolute atomic E-state index is 0.0727. The Morgan fingerprint density at radius 3 is 1.07 bits per heavy atom. The highest BCUT2D eigenvalue weighted by molar-refractivity contribution is 7.85. The van der Waals surface area contributed by atoms with Gasteiger partial charge in [0, 0.05) is 0 Å². The van der Waals surface area contributed by atoms with Crippen LogP contribution >= 0.6 is 0 Å². The largest absolute Gasteiger partial charge is 0.462 e. The number of allylic oxidation sites excluding steroid dienone is 4. The van der Waals surface area contributed by atoms with E-state index in [1.807, 2.05) is 0 Å². The van der Waals surface area contributed by atoms with Crippen molar-refractivity contribution in [2.75, 3.05) is 13.2 Å². The van der Waals surface area contributed by atoms with Crippen molar-refractivity contribution in [1.82, 2.24) is 0 Å². The Morgan fingerprint density at radius 1 is 0.448 bits per heavy atom. The molecule has 0 amide bonds. The maximum atomic E-state index is 13.0. The number of esters is 2. The van der Waals surface area contributed by atoms with E-state index in [2.05, 4.69) is 38.2 Å². The van der Waals surface area contributed by atoms with Gasteiger partial charge in [0.2, 0.25) is 0 Å². The van der Waals surface area contributed by atoms with Gasteiger partial charge >= 0.3 is 11.9 Å². The molecular weight excluding hydrogens is 745 g/mol. The molecule has 0 spiro atoms. The fraction of sp³-hybridized carbons (Fsp3) is 0.760. The number of hydrogen-bond acceptors (Lipinski definition) is 6. The second-order valence-corrected chi connectivity index (χ2v) is 17.9. The van der Waals surface area contributed by atoms with Crippen LogP contribution in [0.25, 0.3) is 0 Å². The van der Waals surface area contributed by atoms with E-state index >= 15 is 0 Å². The maximum absolute atomic E-state index is 13.0. The van der Waals surface area contributed by atoms with Gasteiger partial charge in [-0.05, 0) is 95.2 Å². The van der Waals surface area contributed by atoms with Crippen LogP contribution in [0.5, 0.6) is 0 Å². The number of carbonyl (C=O) groups is 2. The van der Waals surface area contributed by atoms with E-state index in [-0.39, 0.29) is 24.3 Å². The van der Waals surface area contributed by atoms with E-state index in [0.717, 1.165) is 63.5 Å². The molecule has 0 bridgehead atoms. The van der Waals surface area contributed by atoms with Gasteiger partial charge in [-0.2, -0.15) is 8.42 Å². The van der Waals surface area contributed by atoms with Crippen LogP contribution in [0.1, 0.15) is 253 Å². The number of carbonyl (C=O) groups excluding carboxylic acids is 2. The first kappa shape index (κ1) is 53.6. The summed E-state index contributed by atoms with van der Waals surface area (Å²) in [5.74, 6) is -1.53. The van der Waals surface area contributed by atoms with Crippen molar-refractivity contribution < 1.29 is 32.0 Å². The van der Waals surface area contributed by atoms with E-state index in [9.17, 15) is 22.6 Å². The van der Waals surface area contributed by atoms with Crippen LogP contribution in [0.3, 0.4) is 0 Å². The number of benzene rings is 1. The van der Waals surface area contributed by atoms with Crippen molar-refractivity contribution in [3.8, 4) is 0 Å². The van der Waals surface area contributed by atoms with Crippen molar-refractivity contribution in [3.05, 3.63) is 53.6 Å². The molecule has 0 atom stereocenters. The zero-order valence-corrected chi connectivity index (χ0v) is 38.1. The van der Waals surface area contributed by atoms with Gasteiger partial charge in [0.05, 0.1) is 29.2 Å². The number of unbranched alkanes of at least 4 members (excludes halogenated alkanes) is 30. The average Bonchev–Trinajstić information content (AvgIpc) is 3.21. The number of ether oxygens (including phenoxy) is 2. The van der Waals surface area contributed by atoms with E-state index in [1.54, 1.807) is 0 Å². The van der Waals surface area contributed by atoms with Gasteiger partial charge in [0.25, 0.3) is 10.1 Å². The van der Waals surface area contributed by atoms with Crippen molar-refractivity contribution in [2.24, 2.45) is 0 Å². The maximum Gasteiger partial charge on any atom is 0.339 e. The molecule has 1 N–H and O–H groups in total. The van der Waals surface area contributed by atoms with Crippen LogP contribution in [-0.2, 0) is 19.6 Å². The molecule has 0 radical (unpaired) electrons. The summed E-state index contributed by atoms with van der Waals surface area (Å²) in [6.45, 7) is 4.89. The van der Waals surface area contributed by atoms with Crippen molar-refractivity contribution >= 4 is 22.1 Å². The molecule has 0 saturated carbocycles. The van der Waals surface area contributed by atoms with Gasteiger partial charge in [-0.15, -0.1) is 0 Å². The standard InChI is InChI=1S/C50H86O7S/c1-3-5-7-9-11-13-15-17-19-21-23-25-27-29-31-33-35-37-39-43-56-49(51)47-42-41-46(58(53,54)55)45-48(47)50(52)57-44-40-38-36-34-32-30-28-26-24-22-20-18-16-14-12-10-8-6-4-2/h29-32,41-42,45H,3-28,33-40,43-44H2,1-2H3,(H,53,54,55)/b31-29+,32-30+. The number of rotatable bonds is 41. The fourth-order valence-corrected chi connectivity index (χ4v) is 7.78. The Morgan fingerprint density at radius 2 is 0.741 bits per heavy atom. The second-order valence-electron chi connectivity index (χ2n) is 16.5. The summed E-state index contributed by atoms with van der Waals surface area (Å²) in [6.07, 6.45) is 51.1. The molecule has 0 aliphatic rings. The lowest BCUT2D eigenvalue weighted by Crippen LogP contribution is -2.16. The third-order valence-corrected chi connectivity index (χ3v) is 11.9. The van der Waals surface area contributed by atoms with E-state index < -0.39 is 27.0 Å². The summed E-state index contributed by atoms with van der Waals surface area (Å²) >= 11 is 0. The summed E-state index contributed by atoms with van der Waals surface area (Å²) in [5.41, 5.74) is -0.296. The van der Waals surface area contributed by atoms with Crippen LogP contribution < -0.4 is 0 Å². The number of hydrogen-bond donors (Lipinski definition) is 1. The molecule has 1 aromatic rings. The molecule has 0 aliphatic heterocycles. The highest BCUT2D eigenvalue weighted by atomic mass is 32.2. The predicted molar refractivity (Wildman–Crippen MR) is 243 cm³/mol. The van der Waals surface area contributed by atoms with Gasteiger partial charge in [0.15, 0.2) is 0 Å². The Balaban J connectivity index is 2.19. The Hall–Kier alpha value is -2.45. The average molecular weight is 831 g/mol. The molecular formula is C50H86O7S. The molecule has 0 saturated heterocycles. The quantitative estimate of drug-likeness (QED) is 0.0303. The highest BCUT2D eigenvalue weighted by Crippen LogP contribution is 2.20. The SMILES string of the molecule is CCCCCCCCCCCCCC/C=C/CCCCCOC(=O)c1ccc(S(=O)(=O)O)cc1C(=O)OCCCCC/C=C/CCCCCCCCCCCCCC. The lowest BCUT2D eigenvalue weighted by Gasteiger charge is -2.11. The van der Waals surface area contributed by atoms with Gasteiger partial charge in [0.1, 0.15) is 0 Å². The first-order chi connectivity index (χ1) is 28.3. The van der Waals surface area contributed by atoms with Crippen LogP contribution in [0.15, 0.2) is 47.4 Å². The van der Waals surface area contributed by atoms with Gasteiger partial charge < -0.3 is 9.47 Å². The summed E-state index contributed by atoms with van der Waals surface area (Å²) < 4.78 is 44.0. The molecule has 0 aliphatic carbocycles. The molecule has 0 fully saturated rings. The molecule has 334 valence electrons. The topological polar surface area (TPSA) is 107 Å². The first-order valence-corrected chi connectivity index (χ1v) is 25.5.